The predicted octanol–water partition coefficient (Wildman–Crippen LogP) is 5.01. The average molecular weight is 388 g/mol. The number of benzene rings is 1. The molecular weight excluding hydrogens is 363 g/mol. The lowest BCUT2D eigenvalue weighted by Gasteiger charge is -2.33. The SMILES string of the molecule is COc1ccc(C(CI)OC2CC(C)CC(C)C2)cc1. The van der Waals surface area contributed by atoms with Gasteiger partial charge in [0.2, 0.25) is 0 Å². The van der Waals surface area contributed by atoms with Crippen molar-refractivity contribution in [2.24, 2.45) is 11.8 Å². The average Bonchev–Trinajstić information content (AvgIpc) is 2.44. The van der Waals surface area contributed by atoms with Crippen LogP contribution in [0.1, 0.15) is 44.8 Å². The molecule has 0 N–H and O–H groups in total. The standard InChI is InChI=1S/C17H25IO2/c1-12-8-13(2)10-16(9-12)20-17(11-18)14-4-6-15(19-3)7-5-14/h4-7,12-13,16-17H,8-11H2,1-3H3. The maximum atomic E-state index is 6.39. The van der Waals surface area contributed by atoms with Crippen LogP contribution < -0.4 is 4.74 Å². The Hall–Kier alpha value is -0.290. The van der Waals surface area contributed by atoms with Crippen LogP contribution in [-0.4, -0.2) is 17.6 Å². The summed E-state index contributed by atoms with van der Waals surface area (Å²) in [5.74, 6) is 2.48. The zero-order chi connectivity index (χ0) is 14.5. The molecule has 2 nitrogen and oxygen atoms in total. The summed E-state index contributed by atoms with van der Waals surface area (Å²) in [6, 6.07) is 8.28. The van der Waals surface area contributed by atoms with Crippen LogP contribution in [0.4, 0.5) is 0 Å². The van der Waals surface area contributed by atoms with Gasteiger partial charge in [0, 0.05) is 4.43 Å². The topological polar surface area (TPSA) is 18.5 Å². The van der Waals surface area contributed by atoms with Gasteiger partial charge >= 0.3 is 0 Å². The normalized spacial score (nSPS) is 28.1. The summed E-state index contributed by atoms with van der Waals surface area (Å²) < 4.78 is 12.6. The van der Waals surface area contributed by atoms with E-state index in [2.05, 4.69) is 48.6 Å². The molecule has 112 valence electrons. The number of methoxy groups -OCH3 is 1. The van der Waals surface area contributed by atoms with Crippen LogP contribution in [0.15, 0.2) is 24.3 Å². The first-order valence-corrected chi connectivity index (χ1v) is 9.00. The minimum absolute atomic E-state index is 0.198. The van der Waals surface area contributed by atoms with Gasteiger partial charge in [-0.05, 0) is 48.8 Å². The van der Waals surface area contributed by atoms with Crippen molar-refractivity contribution in [2.75, 3.05) is 11.5 Å². The Morgan fingerprint density at radius 1 is 1.10 bits per heavy atom. The van der Waals surface area contributed by atoms with E-state index in [-0.39, 0.29) is 6.10 Å². The molecule has 1 aromatic carbocycles. The fourth-order valence-electron chi connectivity index (χ4n) is 3.24. The van der Waals surface area contributed by atoms with Crippen LogP contribution in [0.2, 0.25) is 0 Å². The highest BCUT2D eigenvalue weighted by molar-refractivity contribution is 14.1. The van der Waals surface area contributed by atoms with Gasteiger partial charge in [0.15, 0.2) is 0 Å². The molecule has 1 aliphatic rings. The van der Waals surface area contributed by atoms with Crippen molar-refractivity contribution in [3.63, 3.8) is 0 Å². The first kappa shape index (κ1) is 16.1. The maximum Gasteiger partial charge on any atom is 0.118 e. The molecule has 3 heteroatoms. The number of halogens is 1. The molecule has 1 saturated carbocycles. The lowest BCUT2D eigenvalue weighted by atomic mass is 9.81. The minimum atomic E-state index is 0.198. The largest absolute Gasteiger partial charge is 0.497 e. The molecule has 1 fully saturated rings. The van der Waals surface area contributed by atoms with E-state index in [4.69, 9.17) is 9.47 Å². The molecule has 0 saturated heterocycles. The number of rotatable bonds is 5. The Bertz CT molecular complexity index is 394. The van der Waals surface area contributed by atoms with Crippen molar-refractivity contribution >= 4 is 22.6 Å². The summed E-state index contributed by atoms with van der Waals surface area (Å²) in [5.41, 5.74) is 1.26. The molecule has 0 amide bonds. The van der Waals surface area contributed by atoms with Crippen molar-refractivity contribution in [2.45, 2.75) is 45.3 Å². The molecule has 0 aliphatic heterocycles. The zero-order valence-electron chi connectivity index (χ0n) is 12.6. The van der Waals surface area contributed by atoms with Crippen LogP contribution >= 0.6 is 22.6 Å². The Kier molecular flexibility index (Phi) is 6.15. The van der Waals surface area contributed by atoms with E-state index in [0.717, 1.165) is 22.0 Å². The van der Waals surface area contributed by atoms with Crippen LogP contribution in [0.5, 0.6) is 5.75 Å². The fraction of sp³-hybridized carbons (Fsp3) is 0.647. The van der Waals surface area contributed by atoms with Gasteiger partial charge in [-0.3, -0.25) is 0 Å². The number of hydrogen-bond acceptors (Lipinski definition) is 2. The monoisotopic (exact) mass is 388 g/mol. The first-order valence-electron chi connectivity index (χ1n) is 7.47. The summed E-state index contributed by atoms with van der Waals surface area (Å²) >= 11 is 2.42. The molecule has 0 aromatic heterocycles. The van der Waals surface area contributed by atoms with Gasteiger partial charge in [0.25, 0.3) is 0 Å². The Morgan fingerprint density at radius 3 is 2.20 bits per heavy atom. The van der Waals surface area contributed by atoms with E-state index >= 15 is 0 Å². The second kappa shape index (κ2) is 7.64. The highest BCUT2D eigenvalue weighted by Crippen LogP contribution is 2.34. The second-order valence-corrected chi connectivity index (χ2v) is 6.97. The Morgan fingerprint density at radius 2 is 1.70 bits per heavy atom. The molecule has 3 atom stereocenters. The van der Waals surface area contributed by atoms with Gasteiger partial charge in [-0.2, -0.15) is 0 Å². The van der Waals surface area contributed by atoms with E-state index in [1.54, 1.807) is 7.11 Å². The predicted molar refractivity (Wildman–Crippen MR) is 91.7 cm³/mol. The van der Waals surface area contributed by atoms with E-state index in [1.807, 2.05) is 12.1 Å². The Balaban J connectivity index is 2.00. The van der Waals surface area contributed by atoms with E-state index in [9.17, 15) is 0 Å². The molecule has 1 aromatic rings. The van der Waals surface area contributed by atoms with Crippen LogP contribution in [0.3, 0.4) is 0 Å². The summed E-state index contributed by atoms with van der Waals surface area (Å²) in [6.07, 6.45) is 4.36. The number of ether oxygens (including phenoxy) is 2. The summed E-state index contributed by atoms with van der Waals surface area (Å²) in [4.78, 5) is 0. The van der Waals surface area contributed by atoms with Crippen LogP contribution in [0, 0.1) is 11.8 Å². The first-order chi connectivity index (χ1) is 9.62. The van der Waals surface area contributed by atoms with Crippen molar-refractivity contribution in [1.82, 2.24) is 0 Å². The number of hydrogen-bond donors (Lipinski definition) is 0. The van der Waals surface area contributed by atoms with Crippen molar-refractivity contribution in [3.8, 4) is 5.75 Å². The van der Waals surface area contributed by atoms with Gasteiger partial charge in [0.05, 0.1) is 19.3 Å². The van der Waals surface area contributed by atoms with Gasteiger partial charge in [-0.25, -0.2) is 0 Å². The van der Waals surface area contributed by atoms with E-state index in [1.165, 1.54) is 24.8 Å². The third-order valence-corrected chi connectivity index (χ3v) is 4.92. The van der Waals surface area contributed by atoms with E-state index < -0.39 is 0 Å². The minimum Gasteiger partial charge on any atom is -0.497 e. The molecular formula is C17H25IO2. The summed E-state index contributed by atoms with van der Waals surface area (Å²) in [5, 5.41) is 0. The van der Waals surface area contributed by atoms with Gasteiger partial charge in [-0.1, -0.05) is 48.6 Å². The fourth-order valence-corrected chi connectivity index (χ4v) is 3.96. The zero-order valence-corrected chi connectivity index (χ0v) is 14.8. The van der Waals surface area contributed by atoms with Crippen molar-refractivity contribution in [1.29, 1.82) is 0 Å². The van der Waals surface area contributed by atoms with Crippen LogP contribution in [-0.2, 0) is 4.74 Å². The highest BCUT2D eigenvalue weighted by atomic mass is 127. The van der Waals surface area contributed by atoms with E-state index in [0.29, 0.717) is 6.10 Å². The lowest BCUT2D eigenvalue weighted by molar-refractivity contribution is -0.0394. The maximum absolute atomic E-state index is 6.39. The molecule has 3 unspecified atom stereocenters. The molecule has 0 radical (unpaired) electrons. The Labute approximate surface area is 136 Å². The van der Waals surface area contributed by atoms with Crippen molar-refractivity contribution < 1.29 is 9.47 Å². The van der Waals surface area contributed by atoms with Gasteiger partial charge in [-0.15, -0.1) is 0 Å². The van der Waals surface area contributed by atoms with Crippen LogP contribution in [0.25, 0.3) is 0 Å². The molecule has 2 rings (SSSR count). The smallest absolute Gasteiger partial charge is 0.118 e. The summed E-state index contributed by atoms with van der Waals surface area (Å²) in [7, 11) is 1.70. The molecule has 0 heterocycles. The highest BCUT2D eigenvalue weighted by Gasteiger charge is 2.27. The lowest BCUT2D eigenvalue weighted by Crippen LogP contribution is -2.28. The third kappa shape index (κ3) is 4.35. The molecule has 0 spiro atoms. The molecule has 0 bridgehead atoms. The second-order valence-electron chi connectivity index (χ2n) is 6.09. The number of alkyl halides is 1. The summed E-state index contributed by atoms with van der Waals surface area (Å²) in [6.45, 7) is 4.69. The van der Waals surface area contributed by atoms with Gasteiger partial charge in [0.1, 0.15) is 5.75 Å². The van der Waals surface area contributed by atoms with Crippen molar-refractivity contribution in [3.05, 3.63) is 29.8 Å². The van der Waals surface area contributed by atoms with Gasteiger partial charge < -0.3 is 9.47 Å². The molecule has 1 aliphatic carbocycles. The quantitative estimate of drug-likeness (QED) is 0.521. The third-order valence-electron chi connectivity index (χ3n) is 4.12. The molecule has 20 heavy (non-hydrogen) atoms.